The van der Waals surface area contributed by atoms with Crippen LogP contribution in [-0.2, 0) is 6.54 Å². The minimum atomic E-state index is -0.475. The van der Waals surface area contributed by atoms with Gasteiger partial charge < -0.3 is 10.5 Å². The lowest BCUT2D eigenvalue weighted by Gasteiger charge is -2.11. The summed E-state index contributed by atoms with van der Waals surface area (Å²) in [5, 5.41) is 0.0248. The Morgan fingerprint density at radius 2 is 2.06 bits per heavy atom. The van der Waals surface area contributed by atoms with Crippen LogP contribution in [-0.4, -0.2) is 0 Å². The Hall–Kier alpha value is -1.10. The van der Waals surface area contributed by atoms with Crippen LogP contribution in [0.15, 0.2) is 40.9 Å². The molecule has 2 rings (SSSR count). The second-order valence-corrected chi connectivity index (χ2v) is 4.86. The van der Waals surface area contributed by atoms with Crippen LogP contribution < -0.4 is 10.5 Å². The Bertz CT molecular complexity index is 577. The molecule has 0 radical (unpaired) electrons. The molecule has 0 saturated carbocycles. The third-order valence-corrected chi connectivity index (χ3v) is 3.43. The highest BCUT2D eigenvalue weighted by molar-refractivity contribution is 9.10. The van der Waals surface area contributed by atoms with Crippen LogP contribution in [0.4, 0.5) is 4.39 Å². The fourth-order valence-corrected chi connectivity index (χ4v) is 2.18. The van der Waals surface area contributed by atoms with Crippen LogP contribution in [0.5, 0.6) is 11.5 Å². The zero-order valence-electron chi connectivity index (χ0n) is 9.29. The summed E-state index contributed by atoms with van der Waals surface area (Å²) >= 11 is 9.10. The van der Waals surface area contributed by atoms with Crippen molar-refractivity contribution in [2.45, 2.75) is 6.54 Å². The maximum absolute atomic E-state index is 13.0. The monoisotopic (exact) mass is 329 g/mol. The lowest BCUT2D eigenvalue weighted by Crippen LogP contribution is -2.00. The molecule has 0 spiro atoms. The molecular weight excluding hydrogens is 321 g/mol. The van der Waals surface area contributed by atoms with Gasteiger partial charge in [0.25, 0.3) is 0 Å². The van der Waals surface area contributed by atoms with Gasteiger partial charge in [-0.15, -0.1) is 0 Å². The first-order chi connectivity index (χ1) is 8.61. The molecule has 2 N–H and O–H groups in total. The third kappa shape index (κ3) is 2.83. The van der Waals surface area contributed by atoms with Crippen molar-refractivity contribution in [1.29, 1.82) is 0 Å². The summed E-state index contributed by atoms with van der Waals surface area (Å²) in [4.78, 5) is 0. The Balaban J connectivity index is 2.34. The van der Waals surface area contributed by atoms with Crippen molar-refractivity contribution < 1.29 is 9.13 Å². The molecule has 0 atom stereocenters. The molecule has 18 heavy (non-hydrogen) atoms. The van der Waals surface area contributed by atoms with Gasteiger partial charge in [-0.1, -0.05) is 33.6 Å². The largest absolute Gasteiger partial charge is 0.457 e. The highest BCUT2D eigenvalue weighted by Gasteiger charge is 2.08. The number of hydrogen-bond acceptors (Lipinski definition) is 2. The van der Waals surface area contributed by atoms with Crippen LogP contribution in [0.3, 0.4) is 0 Å². The minimum Gasteiger partial charge on any atom is -0.457 e. The summed E-state index contributed by atoms with van der Waals surface area (Å²) in [7, 11) is 0. The fourth-order valence-electron chi connectivity index (χ4n) is 1.50. The van der Waals surface area contributed by atoms with Crippen molar-refractivity contribution in [2.75, 3.05) is 0 Å². The second-order valence-electron chi connectivity index (χ2n) is 3.60. The third-order valence-electron chi connectivity index (χ3n) is 2.40. The Morgan fingerprint density at radius 1 is 1.28 bits per heavy atom. The van der Waals surface area contributed by atoms with E-state index in [9.17, 15) is 4.39 Å². The van der Waals surface area contributed by atoms with Crippen molar-refractivity contribution in [1.82, 2.24) is 0 Å². The Kier molecular flexibility index (Phi) is 4.22. The van der Waals surface area contributed by atoms with E-state index in [0.29, 0.717) is 18.0 Å². The van der Waals surface area contributed by atoms with Crippen LogP contribution in [0, 0.1) is 5.82 Å². The molecule has 0 aliphatic heterocycles. The van der Waals surface area contributed by atoms with Gasteiger partial charge in [-0.2, -0.15) is 0 Å². The standard InChI is InChI=1S/C13H10BrClFNO/c14-10-2-1-3-13(9(10)7-17)18-8-4-5-12(16)11(15)6-8/h1-6H,7,17H2. The van der Waals surface area contributed by atoms with Crippen LogP contribution >= 0.6 is 27.5 Å². The van der Waals surface area contributed by atoms with E-state index < -0.39 is 5.82 Å². The topological polar surface area (TPSA) is 35.2 Å². The molecule has 2 nitrogen and oxygen atoms in total. The van der Waals surface area contributed by atoms with Gasteiger partial charge in [-0.3, -0.25) is 0 Å². The zero-order valence-corrected chi connectivity index (χ0v) is 11.6. The van der Waals surface area contributed by atoms with Crippen molar-refractivity contribution >= 4 is 27.5 Å². The first-order valence-corrected chi connectivity index (χ1v) is 6.39. The highest BCUT2D eigenvalue weighted by Crippen LogP contribution is 2.31. The average molecular weight is 331 g/mol. The van der Waals surface area contributed by atoms with E-state index in [1.165, 1.54) is 18.2 Å². The van der Waals surface area contributed by atoms with Crippen molar-refractivity contribution in [3.05, 3.63) is 57.3 Å². The van der Waals surface area contributed by atoms with Gasteiger partial charge in [0.15, 0.2) is 0 Å². The number of benzene rings is 2. The SMILES string of the molecule is NCc1c(Br)cccc1Oc1ccc(F)c(Cl)c1. The average Bonchev–Trinajstić information content (AvgIpc) is 2.34. The smallest absolute Gasteiger partial charge is 0.142 e. The molecule has 0 amide bonds. The summed E-state index contributed by atoms with van der Waals surface area (Å²) in [6, 6.07) is 9.72. The van der Waals surface area contributed by atoms with E-state index in [2.05, 4.69) is 15.9 Å². The van der Waals surface area contributed by atoms with Gasteiger partial charge >= 0.3 is 0 Å². The lowest BCUT2D eigenvalue weighted by atomic mass is 10.2. The molecule has 5 heteroatoms. The van der Waals surface area contributed by atoms with Crippen LogP contribution in [0.1, 0.15) is 5.56 Å². The molecule has 94 valence electrons. The maximum atomic E-state index is 13.0. The highest BCUT2D eigenvalue weighted by atomic mass is 79.9. The van der Waals surface area contributed by atoms with Crippen LogP contribution in [0.25, 0.3) is 0 Å². The lowest BCUT2D eigenvalue weighted by molar-refractivity contribution is 0.474. The van der Waals surface area contributed by atoms with Crippen molar-refractivity contribution in [3.8, 4) is 11.5 Å². The fraction of sp³-hybridized carbons (Fsp3) is 0.0769. The number of nitrogens with two attached hydrogens (primary N) is 1. The van der Waals surface area contributed by atoms with Gasteiger partial charge in [0.2, 0.25) is 0 Å². The minimum absolute atomic E-state index is 0.0248. The normalized spacial score (nSPS) is 10.4. The molecule has 0 fully saturated rings. The van der Waals surface area contributed by atoms with E-state index in [4.69, 9.17) is 22.1 Å². The number of rotatable bonds is 3. The number of ether oxygens (including phenoxy) is 1. The molecule has 0 unspecified atom stereocenters. The summed E-state index contributed by atoms with van der Waals surface area (Å²) in [5.74, 6) is 0.612. The Labute approximate surface area is 118 Å². The van der Waals surface area contributed by atoms with Gasteiger partial charge in [0.05, 0.1) is 5.02 Å². The van der Waals surface area contributed by atoms with E-state index in [1.807, 2.05) is 12.1 Å². The van der Waals surface area contributed by atoms with E-state index >= 15 is 0 Å². The van der Waals surface area contributed by atoms with Crippen molar-refractivity contribution in [3.63, 3.8) is 0 Å². The first-order valence-electron chi connectivity index (χ1n) is 5.22. The molecule has 2 aromatic rings. The Morgan fingerprint density at radius 3 is 2.72 bits per heavy atom. The van der Waals surface area contributed by atoms with Gasteiger partial charge in [-0.05, 0) is 24.3 Å². The first kappa shape index (κ1) is 13.3. The predicted octanol–water partition coefficient (Wildman–Crippen LogP) is 4.49. The summed E-state index contributed by atoms with van der Waals surface area (Å²) < 4.78 is 19.6. The zero-order chi connectivity index (χ0) is 13.1. The van der Waals surface area contributed by atoms with Crippen LogP contribution in [0.2, 0.25) is 5.02 Å². The molecule has 2 aromatic carbocycles. The van der Waals surface area contributed by atoms with Gasteiger partial charge in [0.1, 0.15) is 17.3 Å². The van der Waals surface area contributed by atoms with E-state index in [0.717, 1.165) is 10.0 Å². The second kappa shape index (κ2) is 5.69. The number of hydrogen-bond donors (Lipinski definition) is 1. The van der Waals surface area contributed by atoms with Gasteiger partial charge in [-0.25, -0.2) is 4.39 Å². The molecular formula is C13H10BrClFNO. The summed E-state index contributed by atoms with van der Waals surface area (Å²) in [6.07, 6.45) is 0. The summed E-state index contributed by atoms with van der Waals surface area (Å²) in [6.45, 7) is 0.339. The van der Waals surface area contributed by atoms with Gasteiger partial charge in [0, 0.05) is 22.6 Å². The molecule has 0 saturated heterocycles. The van der Waals surface area contributed by atoms with E-state index in [-0.39, 0.29) is 5.02 Å². The molecule has 0 heterocycles. The quantitative estimate of drug-likeness (QED) is 0.899. The van der Waals surface area contributed by atoms with E-state index in [1.54, 1.807) is 6.07 Å². The molecule has 0 bridgehead atoms. The van der Waals surface area contributed by atoms with Crippen molar-refractivity contribution in [2.24, 2.45) is 5.73 Å². The molecule has 0 aromatic heterocycles. The molecule has 0 aliphatic rings. The summed E-state index contributed by atoms with van der Waals surface area (Å²) in [5.41, 5.74) is 6.51. The maximum Gasteiger partial charge on any atom is 0.142 e. The molecule has 0 aliphatic carbocycles. The number of halogens is 3. The predicted molar refractivity (Wildman–Crippen MR) is 73.5 cm³/mol.